The molecule has 0 unspecified atom stereocenters. The molecule has 0 fully saturated rings. The molecule has 0 spiro atoms. The van der Waals surface area contributed by atoms with Crippen molar-refractivity contribution in [3.8, 4) is 5.69 Å². The maximum Gasteiger partial charge on any atom is 0.435 e. The summed E-state index contributed by atoms with van der Waals surface area (Å²) in [6, 6.07) is 6.18. The van der Waals surface area contributed by atoms with Crippen LogP contribution >= 0.6 is 11.6 Å². The summed E-state index contributed by atoms with van der Waals surface area (Å²) in [4.78, 5) is 0. The number of hydrogen-bond donors (Lipinski definition) is 0. The molecule has 1 aromatic heterocycles. The second-order valence-electron chi connectivity index (χ2n) is 3.89. The molecule has 2 rings (SSSR count). The molecule has 0 atom stereocenters. The number of alkyl halides is 4. The van der Waals surface area contributed by atoms with E-state index in [4.69, 9.17) is 11.6 Å². The van der Waals surface area contributed by atoms with Gasteiger partial charge in [0.25, 0.3) is 0 Å². The second-order valence-corrected chi connectivity index (χ2v) is 4.15. The number of hydrogen-bond acceptors (Lipinski definition) is 1. The Labute approximate surface area is 107 Å². The Hall–Kier alpha value is -1.49. The van der Waals surface area contributed by atoms with Crippen LogP contribution < -0.4 is 0 Å². The summed E-state index contributed by atoms with van der Waals surface area (Å²) in [7, 11) is 0. The molecule has 0 saturated carbocycles. The summed E-state index contributed by atoms with van der Waals surface area (Å²) in [6.07, 6.45) is -3.13. The fourth-order valence-electron chi connectivity index (χ4n) is 1.59. The molecule has 0 aliphatic heterocycles. The van der Waals surface area contributed by atoms with Crippen molar-refractivity contribution < 1.29 is 13.2 Å². The number of halogens is 4. The highest BCUT2D eigenvalue weighted by Crippen LogP contribution is 2.28. The molecule has 0 N–H and O–H groups in total. The van der Waals surface area contributed by atoms with E-state index in [9.17, 15) is 13.2 Å². The molecule has 1 aromatic carbocycles. The number of aromatic nitrogens is 2. The smallest absolute Gasteiger partial charge is 0.240 e. The van der Waals surface area contributed by atoms with Gasteiger partial charge in [-0.15, -0.1) is 11.6 Å². The lowest BCUT2D eigenvalue weighted by molar-refractivity contribution is -0.141. The maximum absolute atomic E-state index is 12.4. The first-order chi connectivity index (χ1) is 8.41. The SMILES string of the molecule is Cc1cc(-n2ccc(C(F)(F)F)n2)ccc1CCl. The molecule has 2 aromatic rings. The van der Waals surface area contributed by atoms with Gasteiger partial charge in [0.2, 0.25) is 0 Å². The zero-order valence-corrected chi connectivity index (χ0v) is 10.3. The quantitative estimate of drug-likeness (QED) is 0.759. The summed E-state index contributed by atoms with van der Waals surface area (Å²) in [5, 5.41) is 3.51. The van der Waals surface area contributed by atoms with Crippen LogP contribution in [-0.4, -0.2) is 9.78 Å². The predicted molar refractivity (Wildman–Crippen MR) is 62.9 cm³/mol. The van der Waals surface area contributed by atoms with Gasteiger partial charge in [-0.3, -0.25) is 0 Å². The van der Waals surface area contributed by atoms with Crippen molar-refractivity contribution in [2.75, 3.05) is 0 Å². The lowest BCUT2D eigenvalue weighted by Crippen LogP contribution is -2.07. The van der Waals surface area contributed by atoms with Crippen molar-refractivity contribution in [2.24, 2.45) is 0 Å². The van der Waals surface area contributed by atoms with Gasteiger partial charge < -0.3 is 0 Å². The molecule has 0 radical (unpaired) electrons. The lowest BCUT2D eigenvalue weighted by atomic mass is 10.1. The molecule has 2 nitrogen and oxygen atoms in total. The van der Waals surface area contributed by atoms with Crippen molar-refractivity contribution in [3.05, 3.63) is 47.3 Å². The van der Waals surface area contributed by atoms with Gasteiger partial charge >= 0.3 is 6.18 Å². The molecule has 18 heavy (non-hydrogen) atoms. The lowest BCUT2D eigenvalue weighted by Gasteiger charge is -2.06. The fourth-order valence-corrected chi connectivity index (χ4v) is 1.89. The average Bonchev–Trinajstić information content (AvgIpc) is 2.77. The van der Waals surface area contributed by atoms with E-state index in [0.717, 1.165) is 17.2 Å². The van der Waals surface area contributed by atoms with Crippen LogP contribution in [0.2, 0.25) is 0 Å². The first-order valence-corrected chi connectivity index (χ1v) is 5.74. The van der Waals surface area contributed by atoms with Crippen molar-refractivity contribution in [2.45, 2.75) is 19.0 Å². The molecule has 0 aliphatic rings. The highest BCUT2D eigenvalue weighted by atomic mass is 35.5. The number of nitrogens with zero attached hydrogens (tertiary/aromatic N) is 2. The molecular weight excluding hydrogens is 265 g/mol. The van der Waals surface area contributed by atoms with Crippen LogP contribution in [0.5, 0.6) is 0 Å². The van der Waals surface area contributed by atoms with E-state index in [1.165, 1.54) is 10.9 Å². The van der Waals surface area contributed by atoms with Crippen LogP contribution in [0.3, 0.4) is 0 Å². The van der Waals surface area contributed by atoms with Crippen molar-refractivity contribution >= 4 is 11.6 Å². The molecule has 0 saturated heterocycles. The van der Waals surface area contributed by atoms with Crippen LogP contribution in [0, 0.1) is 6.92 Å². The number of aryl methyl sites for hydroxylation is 1. The maximum atomic E-state index is 12.4. The second kappa shape index (κ2) is 4.65. The third-order valence-electron chi connectivity index (χ3n) is 2.61. The number of rotatable bonds is 2. The Morgan fingerprint density at radius 3 is 2.50 bits per heavy atom. The summed E-state index contributed by atoms with van der Waals surface area (Å²) < 4.78 is 38.5. The summed E-state index contributed by atoms with van der Waals surface area (Å²) in [5.74, 6) is 0.374. The first kappa shape index (κ1) is 13.0. The molecule has 0 aliphatic carbocycles. The Balaban J connectivity index is 2.38. The minimum Gasteiger partial charge on any atom is -0.240 e. The van der Waals surface area contributed by atoms with E-state index in [1.54, 1.807) is 18.2 Å². The molecule has 0 amide bonds. The largest absolute Gasteiger partial charge is 0.435 e. The van der Waals surface area contributed by atoms with Crippen LogP contribution in [0.25, 0.3) is 5.69 Å². The van der Waals surface area contributed by atoms with Crippen molar-refractivity contribution in [1.29, 1.82) is 0 Å². The van der Waals surface area contributed by atoms with Crippen molar-refractivity contribution in [1.82, 2.24) is 9.78 Å². The van der Waals surface area contributed by atoms with Gasteiger partial charge in [-0.25, -0.2) is 4.68 Å². The van der Waals surface area contributed by atoms with Crippen LogP contribution in [0.15, 0.2) is 30.5 Å². The predicted octanol–water partition coefficient (Wildman–Crippen LogP) is 3.94. The van der Waals surface area contributed by atoms with Crippen molar-refractivity contribution in [3.63, 3.8) is 0 Å². The van der Waals surface area contributed by atoms with E-state index >= 15 is 0 Å². The van der Waals surface area contributed by atoms with Gasteiger partial charge in [0, 0.05) is 12.1 Å². The minimum absolute atomic E-state index is 0.374. The van der Waals surface area contributed by atoms with Gasteiger partial charge in [0.1, 0.15) is 0 Å². The Bertz CT molecular complexity index is 561. The third kappa shape index (κ3) is 2.51. The summed E-state index contributed by atoms with van der Waals surface area (Å²) in [5.41, 5.74) is 1.55. The Morgan fingerprint density at radius 1 is 1.28 bits per heavy atom. The van der Waals surface area contributed by atoms with Gasteiger partial charge in [-0.05, 0) is 36.2 Å². The molecule has 0 bridgehead atoms. The average molecular weight is 275 g/mol. The molecule has 6 heteroatoms. The van der Waals surface area contributed by atoms with Gasteiger partial charge in [0.05, 0.1) is 5.69 Å². The minimum atomic E-state index is -4.42. The number of benzene rings is 1. The zero-order chi connectivity index (χ0) is 13.3. The van der Waals surface area contributed by atoms with Gasteiger partial charge in [0.15, 0.2) is 5.69 Å². The van der Waals surface area contributed by atoms with E-state index in [0.29, 0.717) is 11.6 Å². The van der Waals surface area contributed by atoms with E-state index < -0.39 is 11.9 Å². The van der Waals surface area contributed by atoms with E-state index in [-0.39, 0.29) is 0 Å². The standard InChI is InChI=1S/C12H10ClF3N2/c1-8-6-10(3-2-9(8)7-13)18-5-4-11(17-18)12(14,15)16/h2-6H,7H2,1H3. The molecule has 96 valence electrons. The molecule has 1 heterocycles. The topological polar surface area (TPSA) is 17.8 Å². The van der Waals surface area contributed by atoms with E-state index in [2.05, 4.69) is 5.10 Å². The summed E-state index contributed by atoms with van der Waals surface area (Å²) in [6.45, 7) is 1.86. The van der Waals surface area contributed by atoms with Gasteiger partial charge in [-0.1, -0.05) is 6.07 Å². The van der Waals surface area contributed by atoms with Gasteiger partial charge in [-0.2, -0.15) is 18.3 Å². The zero-order valence-electron chi connectivity index (χ0n) is 9.50. The highest BCUT2D eigenvalue weighted by Gasteiger charge is 2.33. The summed E-state index contributed by atoms with van der Waals surface area (Å²) >= 11 is 5.72. The monoisotopic (exact) mass is 274 g/mol. The highest BCUT2D eigenvalue weighted by molar-refractivity contribution is 6.17. The first-order valence-electron chi connectivity index (χ1n) is 5.20. The Kier molecular flexibility index (Phi) is 3.34. The van der Waals surface area contributed by atoms with Crippen LogP contribution in [0.4, 0.5) is 13.2 Å². The van der Waals surface area contributed by atoms with Crippen LogP contribution in [0.1, 0.15) is 16.8 Å². The third-order valence-corrected chi connectivity index (χ3v) is 2.90. The van der Waals surface area contributed by atoms with Crippen LogP contribution in [-0.2, 0) is 12.1 Å². The normalized spacial score (nSPS) is 11.8. The molecular formula is C12H10ClF3N2. The Morgan fingerprint density at radius 2 is 2.00 bits per heavy atom. The fraction of sp³-hybridized carbons (Fsp3) is 0.250. The van der Waals surface area contributed by atoms with E-state index in [1.807, 2.05) is 6.92 Å².